The third-order valence-corrected chi connectivity index (χ3v) is 2.33. The summed E-state index contributed by atoms with van der Waals surface area (Å²) >= 11 is 5.63. The van der Waals surface area contributed by atoms with E-state index in [-0.39, 0.29) is 17.4 Å². The Balaban J connectivity index is 4.42. The van der Waals surface area contributed by atoms with Crippen LogP contribution in [0.15, 0.2) is 0 Å². The maximum atomic E-state index is 12.0. The number of nitrogens with zero attached hydrogens (tertiary/aromatic N) is 1. The number of carbonyl (C=O) groups is 1. The Labute approximate surface area is 92.6 Å². The van der Waals surface area contributed by atoms with Crippen LogP contribution in [-0.4, -0.2) is 29.3 Å². The molecule has 0 N–H and O–H groups in total. The molecule has 0 atom stereocenters. The Hall–Kier alpha value is -0.240. The lowest BCUT2D eigenvalue weighted by Crippen LogP contribution is -2.44. The van der Waals surface area contributed by atoms with Crippen LogP contribution in [0.2, 0.25) is 0 Å². The van der Waals surface area contributed by atoms with Crippen LogP contribution in [-0.2, 0) is 4.79 Å². The number of alkyl halides is 1. The summed E-state index contributed by atoms with van der Waals surface area (Å²) in [5, 5.41) is 0. The van der Waals surface area contributed by atoms with Crippen LogP contribution >= 0.6 is 11.6 Å². The summed E-state index contributed by atoms with van der Waals surface area (Å²) in [6.45, 7) is 10.7. The molecule has 0 rings (SSSR count). The van der Waals surface area contributed by atoms with E-state index in [1.165, 1.54) is 0 Å². The molecule has 0 saturated carbocycles. The van der Waals surface area contributed by atoms with Gasteiger partial charge in [-0.3, -0.25) is 4.79 Å². The number of amides is 1. The van der Waals surface area contributed by atoms with Crippen molar-refractivity contribution in [1.29, 1.82) is 0 Å². The topological polar surface area (TPSA) is 20.3 Å². The van der Waals surface area contributed by atoms with Crippen molar-refractivity contribution >= 4 is 17.5 Å². The quantitative estimate of drug-likeness (QED) is 0.666. The molecule has 0 aliphatic carbocycles. The van der Waals surface area contributed by atoms with Gasteiger partial charge in [-0.2, -0.15) is 0 Å². The molecule has 0 aromatic carbocycles. The van der Waals surface area contributed by atoms with Gasteiger partial charge in [-0.15, -0.1) is 11.6 Å². The van der Waals surface area contributed by atoms with Gasteiger partial charge < -0.3 is 4.90 Å². The number of halogens is 1. The highest BCUT2D eigenvalue weighted by Crippen LogP contribution is 2.19. The maximum Gasteiger partial charge on any atom is 0.228 e. The molecule has 0 fully saturated rings. The fourth-order valence-electron chi connectivity index (χ4n) is 1.26. The van der Waals surface area contributed by atoms with Gasteiger partial charge in [-0.05, 0) is 20.3 Å². The van der Waals surface area contributed by atoms with E-state index in [1.807, 2.05) is 39.5 Å². The van der Waals surface area contributed by atoms with Crippen molar-refractivity contribution in [3.05, 3.63) is 0 Å². The largest absolute Gasteiger partial charge is 0.340 e. The molecule has 0 bridgehead atoms. The predicted molar refractivity (Wildman–Crippen MR) is 61.6 cm³/mol. The van der Waals surface area contributed by atoms with Crippen molar-refractivity contribution < 1.29 is 4.79 Å². The smallest absolute Gasteiger partial charge is 0.228 e. The lowest BCUT2D eigenvalue weighted by atomic mass is 9.94. The molecule has 14 heavy (non-hydrogen) atoms. The second-order valence-corrected chi connectivity index (χ2v) is 5.26. The summed E-state index contributed by atoms with van der Waals surface area (Å²) in [7, 11) is 0. The van der Waals surface area contributed by atoms with Crippen molar-refractivity contribution in [2.24, 2.45) is 5.41 Å². The Kier molecular flexibility index (Phi) is 5.50. The van der Waals surface area contributed by atoms with E-state index in [4.69, 9.17) is 11.6 Å². The van der Waals surface area contributed by atoms with E-state index in [9.17, 15) is 4.79 Å². The molecule has 0 saturated heterocycles. The molecule has 0 aromatic rings. The van der Waals surface area contributed by atoms with Crippen molar-refractivity contribution in [3.63, 3.8) is 0 Å². The average molecular weight is 220 g/mol. The Morgan fingerprint density at radius 2 is 1.86 bits per heavy atom. The van der Waals surface area contributed by atoms with Gasteiger partial charge in [0, 0.05) is 23.9 Å². The molecule has 3 heteroatoms. The average Bonchev–Trinajstić information content (AvgIpc) is 2.02. The highest BCUT2D eigenvalue weighted by atomic mass is 35.5. The minimum absolute atomic E-state index is 0.206. The first kappa shape index (κ1) is 13.8. The SMILES string of the molecule is CC(C)N(CCCCl)C(=O)C(C)(C)C. The van der Waals surface area contributed by atoms with Crippen LogP contribution in [0.3, 0.4) is 0 Å². The first-order valence-electron chi connectivity index (χ1n) is 5.17. The molecule has 0 aliphatic rings. The lowest BCUT2D eigenvalue weighted by molar-refractivity contribution is -0.141. The first-order valence-corrected chi connectivity index (χ1v) is 5.71. The van der Waals surface area contributed by atoms with Gasteiger partial charge in [0.05, 0.1) is 0 Å². The molecular formula is C11H22ClNO. The third kappa shape index (κ3) is 4.32. The Morgan fingerprint density at radius 3 is 2.14 bits per heavy atom. The normalized spacial score (nSPS) is 11.9. The molecule has 0 spiro atoms. The summed E-state index contributed by atoms with van der Waals surface area (Å²) in [5.41, 5.74) is -0.295. The van der Waals surface area contributed by atoms with E-state index >= 15 is 0 Å². The molecule has 0 aromatic heterocycles. The monoisotopic (exact) mass is 219 g/mol. The minimum atomic E-state index is -0.295. The fraction of sp³-hybridized carbons (Fsp3) is 0.909. The van der Waals surface area contributed by atoms with Crippen molar-refractivity contribution in [2.75, 3.05) is 12.4 Å². The highest BCUT2D eigenvalue weighted by Gasteiger charge is 2.28. The second kappa shape index (κ2) is 5.59. The van der Waals surface area contributed by atoms with Gasteiger partial charge >= 0.3 is 0 Å². The van der Waals surface area contributed by atoms with Gasteiger partial charge in [0.15, 0.2) is 0 Å². The number of hydrogen-bond donors (Lipinski definition) is 0. The molecule has 84 valence electrons. The predicted octanol–water partition coefficient (Wildman–Crippen LogP) is 2.90. The van der Waals surface area contributed by atoms with Crippen LogP contribution in [0, 0.1) is 5.41 Å². The summed E-state index contributed by atoms with van der Waals surface area (Å²) in [5.74, 6) is 0.818. The molecule has 2 nitrogen and oxygen atoms in total. The second-order valence-electron chi connectivity index (χ2n) is 4.88. The zero-order valence-corrected chi connectivity index (χ0v) is 10.7. The first-order chi connectivity index (χ1) is 6.30. The van der Waals surface area contributed by atoms with Gasteiger partial charge in [0.2, 0.25) is 5.91 Å². The highest BCUT2D eigenvalue weighted by molar-refractivity contribution is 6.17. The number of rotatable bonds is 4. The van der Waals surface area contributed by atoms with Crippen molar-refractivity contribution in [2.45, 2.75) is 47.1 Å². The van der Waals surface area contributed by atoms with Crippen LogP contribution in [0.5, 0.6) is 0 Å². The van der Waals surface area contributed by atoms with E-state index in [0.29, 0.717) is 5.88 Å². The summed E-state index contributed by atoms with van der Waals surface area (Å²) < 4.78 is 0. The fourth-order valence-corrected chi connectivity index (χ4v) is 1.37. The standard InChI is InChI=1S/C11H22ClNO/c1-9(2)13(8-6-7-12)10(14)11(3,4)5/h9H,6-8H2,1-5H3. The van der Waals surface area contributed by atoms with Crippen molar-refractivity contribution in [1.82, 2.24) is 4.90 Å². The van der Waals surface area contributed by atoms with E-state index < -0.39 is 0 Å². The zero-order chi connectivity index (χ0) is 11.4. The van der Waals surface area contributed by atoms with Gasteiger partial charge in [0.25, 0.3) is 0 Å². The molecule has 1 amide bonds. The molecule has 0 aliphatic heterocycles. The summed E-state index contributed by atoms with van der Waals surface area (Å²) in [6.07, 6.45) is 0.863. The Bertz CT molecular complexity index is 184. The van der Waals surface area contributed by atoms with Gasteiger partial charge in [0.1, 0.15) is 0 Å². The van der Waals surface area contributed by atoms with E-state index in [1.54, 1.807) is 0 Å². The van der Waals surface area contributed by atoms with Crippen LogP contribution in [0.1, 0.15) is 41.0 Å². The molecule has 0 unspecified atom stereocenters. The number of hydrogen-bond acceptors (Lipinski definition) is 1. The van der Waals surface area contributed by atoms with Crippen LogP contribution in [0.25, 0.3) is 0 Å². The van der Waals surface area contributed by atoms with Crippen LogP contribution in [0.4, 0.5) is 0 Å². The third-order valence-electron chi connectivity index (χ3n) is 2.06. The zero-order valence-electron chi connectivity index (χ0n) is 9.93. The number of carbonyl (C=O) groups excluding carboxylic acids is 1. The maximum absolute atomic E-state index is 12.0. The molecular weight excluding hydrogens is 198 g/mol. The summed E-state index contributed by atoms with van der Waals surface area (Å²) in [4.78, 5) is 13.9. The molecule has 0 radical (unpaired) electrons. The Morgan fingerprint density at radius 1 is 1.36 bits per heavy atom. The summed E-state index contributed by atoms with van der Waals surface area (Å²) in [6, 6.07) is 0.255. The van der Waals surface area contributed by atoms with Gasteiger partial charge in [-0.25, -0.2) is 0 Å². The molecule has 0 heterocycles. The van der Waals surface area contributed by atoms with Gasteiger partial charge in [-0.1, -0.05) is 20.8 Å². The van der Waals surface area contributed by atoms with Crippen molar-refractivity contribution in [3.8, 4) is 0 Å². The van der Waals surface area contributed by atoms with E-state index in [0.717, 1.165) is 13.0 Å². The van der Waals surface area contributed by atoms with E-state index in [2.05, 4.69) is 0 Å². The van der Waals surface area contributed by atoms with Crippen LogP contribution < -0.4 is 0 Å². The lowest BCUT2D eigenvalue weighted by Gasteiger charge is -2.32. The minimum Gasteiger partial charge on any atom is -0.340 e.